The number of hydrogen-bond donors (Lipinski definition) is 2. The Bertz CT molecular complexity index is 730. The van der Waals surface area contributed by atoms with Crippen LogP contribution in [0.5, 0.6) is 0 Å². The summed E-state index contributed by atoms with van der Waals surface area (Å²) in [5, 5.41) is 20.6. The van der Waals surface area contributed by atoms with Gasteiger partial charge in [-0.2, -0.15) is 5.10 Å². The number of nitrogens with zero attached hydrogens (tertiary/aromatic N) is 4. The van der Waals surface area contributed by atoms with Crippen LogP contribution in [0, 0.1) is 5.92 Å². The molecule has 0 radical (unpaired) electrons. The van der Waals surface area contributed by atoms with Crippen molar-refractivity contribution >= 4 is 22.4 Å². The summed E-state index contributed by atoms with van der Waals surface area (Å²) in [6.07, 6.45) is 11.7. The fraction of sp³-hybridized carbons (Fsp3) is 0.667. The molecule has 1 saturated heterocycles. The smallest absolute Gasteiger partial charge is 0.277 e. The number of rotatable bonds is 5. The molecule has 1 saturated carbocycles. The van der Waals surface area contributed by atoms with E-state index in [1.165, 1.54) is 43.4 Å². The molecule has 3 heterocycles. The lowest BCUT2D eigenvalue weighted by atomic mass is 9.87. The van der Waals surface area contributed by atoms with Gasteiger partial charge in [-0.15, -0.1) is 10.2 Å². The summed E-state index contributed by atoms with van der Waals surface area (Å²) in [5.41, 5.74) is 0.430. The quantitative estimate of drug-likeness (QED) is 0.840. The number of carbonyl (C=O) groups excluding carboxylic acids is 1. The van der Waals surface area contributed by atoms with Gasteiger partial charge in [0.05, 0.1) is 6.04 Å². The van der Waals surface area contributed by atoms with E-state index in [2.05, 4.69) is 25.9 Å². The van der Waals surface area contributed by atoms with Gasteiger partial charge < -0.3 is 5.32 Å². The van der Waals surface area contributed by atoms with E-state index in [9.17, 15) is 4.79 Å². The Morgan fingerprint density at radius 2 is 2.12 bits per heavy atom. The van der Waals surface area contributed by atoms with Gasteiger partial charge in [0, 0.05) is 19.2 Å². The molecule has 140 valence electrons. The predicted molar refractivity (Wildman–Crippen MR) is 102 cm³/mol. The Morgan fingerprint density at radius 3 is 2.92 bits per heavy atom. The predicted octanol–water partition coefficient (Wildman–Crippen LogP) is 3.03. The maximum atomic E-state index is 12.4. The normalized spacial score (nSPS) is 21.6. The first-order chi connectivity index (χ1) is 12.8. The van der Waals surface area contributed by atoms with Gasteiger partial charge in [-0.1, -0.05) is 43.4 Å². The van der Waals surface area contributed by atoms with Gasteiger partial charge in [0.25, 0.3) is 5.91 Å². The number of amides is 1. The largest absolute Gasteiger partial charge is 0.315 e. The Kier molecular flexibility index (Phi) is 5.59. The Balaban J connectivity index is 1.33. The molecule has 4 rings (SSSR count). The molecule has 1 aliphatic heterocycles. The third-order valence-corrected chi connectivity index (χ3v) is 6.22. The van der Waals surface area contributed by atoms with Crippen molar-refractivity contribution in [2.45, 2.75) is 57.4 Å². The zero-order valence-corrected chi connectivity index (χ0v) is 15.8. The van der Waals surface area contributed by atoms with Crippen molar-refractivity contribution in [3.05, 3.63) is 23.0 Å². The van der Waals surface area contributed by atoms with Crippen molar-refractivity contribution in [3.63, 3.8) is 0 Å². The molecular weight excluding hydrogens is 348 g/mol. The molecule has 2 N–H and O–H groups in total. The molecule has 0 spiro atoms. The summed E-state index contributed by atoms with van der Waals surface area (Å²) in [5.74, 6) is 0.507. The average Bonchev–Trinajstić information content (AvgIpc) is 3.33. The Morgan fingerprint density at radius 1 is 1.23 bits per heavy atom. The van der Waals surface area contributed by atoms with Crippen LogP contribution in [0.1, 0.15) is 66.5 Å². The van der Waals surface area contributed by atoms with Crippen LogP contribution in [0.25, 0.3) is 0 Å². The number of piperidine rings is 1. The van der Waals surface area contributed by atoms with Crippen LogP contribution in [0.3, 0.4) is 0 Å². The highest BCUT2D eigenvalue weighted by Gasteiger charge is 2.20. The van der Waals surface area contributed by atoms with Gasteiger partial charge >= 0.3 is 0 Å². The first-order valence-corrected chi connectivity index (χ1v) is 10.5. The molecule has 26 heavy (non-hydrogen) atoms. The van der Waals surface area contributed by atoms with Crippen LogP contribution in [-0.2, 0) is 6.42 Å². The second-order valence-electron chi connectivity index (χ2n) is 7.34. The number of carbonyl (C=O) groups is 1. The molecule has 2 fully saturated rings. The van der Waals surface area contributed by atoms with E-state index in [-0.39, 0.29) is 5.91 Å². The van der Waals surface area contributed by atoms with Crippen molar-refractivity contribution in [1.82, 2.24) is 25.3 Å². The lowest BCUT2D eigenvalue weighted by molar-refractivity contribution is 0.102. The van der Waals surface area contributed by atoms with Crippen LogP contribution in [-0.4, -0.2) is 39.0 Å². The molecule has 2 aromatic heterocycles. The van der Waals surface area contributed by atoms with Gasteiger partial charge in [-0.05, 0) is 31.4 Å². The number of aromatic nitrogens is 4. The second-order valence-corrected chi connectivity index (χ2v) is 8.41. The van der Waals surface area contributed by atoms with Gasteiger partial charge in [-0.25, -0.2) is 0 Å². The van der Waals surface area contributed by atoms with E-state index < -0.39 is 0 Å². The summed E-state index contributed by atoms with van der Waals surface area (Å²) in [7, 11) is 0. The number of anilines is 1. The molecule has 1 atom stereocenters. The SMILES string of the molecule is O=C(Nc1nnc(CC2CCCCC2)s1)c1ccn(C2CCCNC2)n1. The minimum absolute atomic E-state index is 0.215. The summed E-state index contributed by atoms with van der Waals surface area (Å²) in [4.78, 5) is 12.4. The zero-order valence-electron chi connectivity index (χ0n) is 15.0. The fourth-order valence-corrected chi connectivity index (χ4v) is 4.76. The highest BCUT2D eigenvalue weighted by atomic mass is 32.1. The first kappa shape index (κ1) is 17.6. The Labute approximate surface area is 157 Å². The third kappa shape index (κ3) is 4.29. The standard InChI is InChI=1S/C18H26N6OS/c25-17(15-8-10-24(23-15)14-7-4-9-19-12-14)20-18-22-21-16(26-18)11-13-5-2-1-3-6-13/h8,10,13-14,19H,1-7,9,11-12H2,(H,20,22,25). The third-order valence-electron chi connectivity index (χ3n) is 5.36. The lowest BCUT2D eigenvalue weighted by Gasteiger charge is -2.22. The van der Waals surface area contributed by atoms with Crippen LogP contribution in [0.15, 0.2) is 12.3 Å². The zero-order chi connectivity index (χ0) is 17.8. The van der Waals surface area contributed by atoms with Crippen molar-refractivity contribution in [2.75, 3.05) is 18.4 Å². The monoisotopic (exact) mass is 374 g/mol. The topological polar surface area (TPSA) is 84.7 Å². The summed E-state index contributed by atoms with van der Waals surface area (Å²) in [6.45, 7) is 1.97. The molecule has 2 aromatic rings. The second kappa shape index (κ2) is 8.26. The van der Waals surface area contributed by atoms with Crippen LogP contribution >= 0.6 is 11.3 Å². The van der Waals surface area contributed by atoms with E-state index in [4.69, 9.17) is 0 Å². The maximum Gasteiger partial charge on any atom is 0.277 e. The van der Waals surface area contributed by atoms with Gasteiger partial charge in [0.1, 0.15) is 5.01 Å². The molecule has 7 nitrogen and oxygen atoms in total. The number of hydrogen-bond acceptors (Lipinski definition) is 6. The van der Waals surface area contributed by atoms with E-state index in [0.29, 0.717) is 16.9 Å². The van der Waals surface area contributed by atoms with Gasteiger partial charge in [-0.3, -0.25) is 14.8 Å². The fourth-order valence-electron chi connectivity index (χ4n) is 3.91. The maximum absolute atomic E-state index is 12.4. The van der Waals surface area contributed by atoms with Crippen molar-refractivity contribution in [1.29, 1.82) is 0 Å². The summed E-state index contributed by atoms with van der Waals surface area (Å²) < 4.78 is 1.90. The molecule has 2 aliphatic rings. The van der Waals surface area contributed by atoms with E-state index in [1.807, 2.05) is 10.9 Å². The van der Waals surface area contributed by atoms with Crippen LogP contribution < -0.4 is 10.6 Å². The molecule has 1 unspecified atom stereocenters. The van der Waals surface area contributed by atoms with Crippen molar-refractivity contribution in [2.24, 2.45) is 5.92 Å². The van der Waals surface area contributed by atoms with Crippen molar-refractivity contribution < 1.29 is 4.79 Å². The van der Waals surface area contributed by atoms with Crippen molar-refractivity contribution in [3.8, 4) is 0 Å². The van der Waals surface area contributed by atoms with Crippen LogP contribution in [0.4, 0.5) is 5.13 Å². The van der Waals surface area contributed by atoms with E-state index in [1.54, 1.807) is 6.07 Å². The molecule has 1 aliphatic carbocycles. The average molecular weight is 375 g/mol. The molecule has 8 heteroatoms. The lowest BCUT2D eigenvalue weighted by Crippen LogP contribution is -2.32. The molecule has 1 amide bonds. The van der Waals surface area contributed by atoms with E-state index >= 15 is 0 Å². The molecule has 0 aromatic carbocycles. The molecule has 0 bridgehead atoms. The van der Waals surface area contributed by atoms with Crippen LogP contribution in [0.2, 0.25) is 0 Å². The highest BCUT2D eigenvalue weighted by molar-refractivity contribution is 7.15. The summed E-state index contributed by atoms with van der Waals surface area (Å²) >= 11 is 1.49. The Hall–Kier alpha value is -1.80. The van der Waals surface area contributed by atoms with E-state index in [0.717, 1.165) is 43.3 Å². The molecular formula is C18H26N6OS. The summed E-state index contributed by atoms with van der Waals surface area (Å²) in [6, 6.07) is 2.10. The highest BCUT2D eigenvalue weighted by Crippen LogP contribution is 2.28. The van der Waals surface area contributed by atoms with Gasteiger partial charge in [0.15, 0.2) is 5.69 Å². The minimum atomic E-state index is -0.215. The van der Waals surface area contributed by atoms with Gasteiger partial charge in [0.2, 0.25) is 5.13 Å². The minimum Gasteiger partial charge on any atom is -0.315 e. The first-order valence-electron chi connectivity index (χ1n) is 9.67. The number of nitrogens with one attached hydrogen (secondary N) is 2.